The lowest BCUT2D eigenvalue weighted by atomic mass is 9.96. The first-order chi connectivity index (χ1) is 13.6. The molecule has 1 aromatic heterocycles. The number of carbonyl (C=O) groups excluding carboxylic acids is 3. The second kappa shape index (κ2) is 10.2. The van der Waals surface area contributed by atoms with Crippen LogP contribution in [0.4, 0.5) is 4.79 Å². The van der Waals surface area contributed by atoms with Crippen molar-refractivity contribution in [1.29, 1.82) is 0 Å². The number of rotatable bonds is 7. The van der Waals surface area contributed by atoms with Gasteiger partial charge in [-0.2, -0.15) is 0 Å². The van der Waals surface area contributed by atoms with Crippen molar-refractivity contribution in [1.82, 2.24) is 15.6 Å². The molecule has 1 aliphatic carbocycles. The van der Waals surface area contributed by atoms with Gasteiger partial charge in [0.05, 0.1) is 15.2 Å². The molecule has 1 saturated carbocycles. The first-order valence-corrected chi connectivity index (χ1v) is 10.5. The van der Waals surface area contributed by atoms with Gasteiger partial charge in [-0.15, -0.1) is 11.3 Å². The Morgan fingerprint density at radius 1 is 1.14 bits per heavy atom. The number of ether oxygens (including phenoxy) is 1. The van der Waals surface area contributed by atoms with Gasteiger partial charge in [-0.1, -0.05) is 31.4 Å². The van der Waals surface area contributed by atoms with Crippen LogP contribution in [-0.4, -0.2) is 35.5 Å². The van der Waals surface area contributed by atoms with Crippen LogP contribution in [0.15, 0.2) is 24.3 Å². The summed E-state index contributed by atoms with van der Waals surface area (Å²) in [6.45, 7) is -0.446. The smallest absolute Gasteiger partial charge is 0.321 e. The van der Waals surface area contributed by atoms with Crippen LogP contribution in [0.1, 0.15) is 50.0 Å². The van der Waals surface area contributed by atoms with Crippen molar-refractivity contribution in [2.24, 2.45) is 0 Å². The van der Waals surface area contributed by atoms with Crippen LogP contribution in [0.3, 0.4) is 0 Å². The van der Waals surface area contributed by atoms with E-state index in [9.17, 15) is 14.4 Å². The number of benzene rings is 1. The summed E-state index contributed by atoms with van der Waals surface area (Å²) in [6, 6.07) is 7.50. The summed E-state index contributed by atoms with van der Waals surface area (Å²) < 4.78 is 6.07. The normalized spacial score (nSPS) is 14.6. The van der Waals surface area contributed by atoms with Crippen LogP contribution in [0.25, 0.3) is 10.2 Å². The molecular weight excluding hydrogens is 378 g/mol. The zero-order valence-electron chi connectivity index (χ0n) is 15.7. The number of esters is 1. The van der Waals surface area contributed by atoms with Gasteiger partial charge in [-0.3, -0.25) is 14.9 Å². The molecule has 0 atom stereocenters. The summed E-state index contributed by atoms with van der Waals surface area (Å²) in [5.74, 6) is -1.07. The van der Waals surface area contributed by atoms with E-state index in [0.717, 1.165) is 40.9 Å². The average molecular weight is 404 g/mol. The molecule has 3 amide bonds. The molecule has 7 nitrogen and oxygen atoms in total. The maximum absolute atomic E-state index is 11.8. The number of thiazole rings is 1. The highest BCUT2D eigenvalue weighted by atomic mass is 32.1. The first-order valence-electron chi connectivity index (χ1n) is 9.70. The number of hydrogen-bond acceptors (Lipinski definition) is 6. The molecule has 150 valence electrons. The zero-order chi connectivity index (χ0) is 19.8. The van der Waals surface area contributed by atoms with Crippen molar-refractivity contribution < 1.29 is 19.1 Å². The summed E-state index contributed by atoms with van der Waals surface area (Å²) in [6.07, 6.45) is 6.73. The molecule has 1 heterocycles. The van der Waals surface area contributed by atoms with E-state index in [1.54, 1.807) is 11.3 Å². The highest BCUT2D eigenvalue weighted by Crippen LogP contribution is 2.22. The second-order valence-electron chi connectivity index (χ2n) is 6.95. The topological polar surface area (TPSA) is 97.4 Å². The highest BCUT2D eigenvalue weighted by Gasteiger charge is 2.17. The number of nitrogens with zero attached hydrogens (tertiary/aromatic N) is 1. The highest BCUT2D eigenvalue weighted by molar-refractivity contribution is 7.18. The first kappa shape index (κ1) is 20.3. The summed E-state index contributed by atoms with van der Waals surface area (Å²) >= 11 is 1.62. The van der Waals surface area contributed by atoms with Gasteiger partial charge in [0.15, 0.2) is 6.61 Å². The standard InChI is InChI=1S/C20H25N3O4S/c24-17(23-20(26)21-14-7-2-1-3-8-14)13-27-19(25)12-6-11-18-22-15-9-4-5-10-16(15)28-18/h4-5,9-10,14H,1-3,6-8,11-13H2,(H2,21,23,24,26). The number of aryl methyl sites for hydroxylation is 1. The van der Waals surface area contributed by atoms with Crippen LogP contribution < -0.4 is 10.6 Å². The van der Waals surface area contributed by atoms with Crippen LogP contribution in [0, 0.1) is 0 Å². The van der Waals surface area contributed by atoms with E-state index in [-0.39, 0.29) is 12.5 Å². The van der Waals surface area contributed by atoms with Crippen molar-refractivity contribution in [3.8, 4) is 0 Å². The monoisotopic (exact) mass is 403 g/mol. The summed E-state index contributed by atoms with van der Waals surface area (Å²) in [7, 11) is 0. The van der Waals surface area contributed by atoms with E-state index in [1.165, 1.54) is 6.42 Å². The Labute approximate surface area is 167 Å². The third kappa shape index (κ3) is 6.30. The number of carbonyl (C=O) groups is 3. The Morgan fingerprint density at radius 2 is 1.93 bits per heavy atom. The van der Waals surface area contributed by atoms with Crippen LogP contribution in [0.5, 0.6) is 0 Å². The van der Waals surface area contributed by atoms with Crippen molar-refractivity contribution in [3.05, 3.63) is 29.3 Å². The molecule has 0 saturated heterocycles. The molecule has 8 heteroatoms. The van der Waals surface area contributed by atoms with Gasteiger partial charge in [0.2, 0.25) is 0 Å². The molecule has 0 radical (unpaired) electrons. The van der Waals surface area contributed by atoms with Gasteiger partial charge in [-0.25, -0.2) is 9.78 Å². The van der Waals surface area contributed by atoms with Crippen LogP contribution in [-0.2, 0) is 20.7 Å². The van der Waals surface area contributed by atoms with Crippen molar-refractivity contribution in [2.75, 3.05) is 6.61 Å². The lowest BCUT2D eigenvalue weighted by Gasteiger charge is -2.22. The molecule has 2 N–H and O–H groups in total. The van der Waals surface area contributed by atoms with Gasteiger partial charge in [0, 0.05) is 12.5 Å². The molecule has 3 rings (SSSR count). The number of imide groups is 1. The minimum Gasteiger partial charge on any atom is -0.456 e. The zero-order valence-corrected chi connectivity index (χ0v) is 16.6. The Balaban J connectivity index is 1.30. The predicted octanol–water partition coefficient (Wildman–Crippen LogP) is 3.32. The molecule has 1 fully saturated rings. The third-order valence-corrected chi connectivity index (χ3v) is 5.76. The molecule has 0 aliphatic heterocycles. The quantitative estimate of drug-likeness (QED) is 0.691. The van der Waals surface area contributed by atoms with Gasteiger partial charge >= 0.3 is 12.0 Å². The lowest BCUT2D eigenvalue weighted by molar-refractivity contribution is -0.148. The number of para-hydroxylation sites is 1. The number of nitrogens with one attached hydrogen (secondary N) is 2. The lowest BCUT2D eigenvalue weighted by Crippen LogP contribution is -2.46. The molecule has 28 heavy (non-hydrogen) atoms. The molecule has 0 unspecified atom stereocenters. The molecule has 1 aromatic carbocycles. The van der Waals surface area contributed by atoms with Crippen LogP contribution >= 0.6 is 11.3 Å². The number of amides is 3. The van der Waals surface area contributed by atoms with Gasteiger partial charge < -0.3 is 10.1 Å². The van der Waals surface area contributed by atoms with Crippen molar-refractivity contribution in [2.45, 2.75) is 57.4 Å². The second-order valence-corrected chi connectivity index (χ2v) is 8.06. The Kier molecular flexibility index (Phi) is 7.36. The molecule has 0 bridgehead atoms. The fourth-order valence-corrected chi connectivity index (χ4v) is 4.27. The maximum atomic E-state index is 11.8. The minimum atomic E-state index is -0.618. The number of hydrogen-bond donors (Lipinski definition) is 2. The van der Waals surface area contributed by atoms with E-state index < -0.39 is 24.5 Å². The van der Waals surface area contributed by atoms with E-state index in [0.29, 0.717) is 12.8 Å². The van der Waals surface area contributed by atoms with Gasteiger partial charge in [0.1, 0.15) is 0 Å². The average Bonchev–Trinajstić information content (AvgIpc) is 3.10. The summed E-state index contributed by atoms with van der Waals surface area (Å²) in [5.41, 5.74) is 0.966. The van der Waals surface area contributed by atoms with E-state index in [2.05, 4.69) is 15.6 Å². The van der Waals surface area contributed by atoms with Crippen molar-refractivity contribution >= 4 is 39.5 Å². The van der Waals surface area contributed by atoms with Crippen LogP contribution in [0.2, 0.25) is 0 Å². The minimum absolute atomic E-state index is 0.117. The molecule has 0 spiro atoms. The van der Waals surface area contributed by atoms with Gasteiger partial charge in [0.25, 0.3) is 5.91 Å². The number of urea groups is 1. The molecule has 2 aromatic rings. The maximum Gasteiger partial charge on any atom is 0.321 e. The fourth-order valence-electron chi connectivity index (χ4n) is 3.26. The third-order valence-electron chi connectivity index (χ3n) is 4.67. The number of fused-ring (bicyclic) bond motifs is 1. The Morgan fingerprint density at radius 3 is 2.71 bits per heavy atom. The van der Waals surface area contributed by atoms with Crippen molar-refractivity contribution in [3.63, 3.8) is 0 Å². The molecule has 1 aliphatic rings. The number of aromatic nitrogens is 1. The van der Waals surface area contributed by atoms with E-state index in [1.807, 2.05) is 24.3 Å². The largest absolute Gasteiger partial charge is 0.456 e. The predicted molar refractivity (Wildman–Crippen MR) is 107 cm³/mol. The van der Waals surface area contributed by atoms with E-state index >= 15 is 0 Å². The summed E-state index contributed by atoms with van der Waals surface area (Å²) in [4.78, 5) is 39.8. The Bertz CT molecular complexity index is 797. The van der Waals surface area contributed by atoms with E-state index in [4.69, 9.17) is 4.74 Å². The molecular formula is C20H25N3O4S. The SMILES string of the molecule is O=C(COC(=O)CCCc1nc2ccccc2s1)NC(=O)NC1CCCCC1. The Hall–Kier alpha value is -2.48. The van der Waals surface area contributed by atoms with Gasteiger partial charge in [-0.05, 0) is 37.8 Å². The summed E-state index contributed by atoms with van der Waals surface area (Å²) in [5, 5.41) is 5.97. The fraction of sp³-hybridized carbons (Fsp3) is 0.500.